The Kier molecular flexibility index (Phi) is 4.68. The van der Waals surface area contributed by atoms with E-state index in [9.17, 15) is 27.6 Å². The summed E-state index contributed by atoms with van der Waals surface area (Å²) < 4.78 is 38.5. The lowest BCUT2D eigenvalue weighted by atomic mass is 10.1. The van der Waals surface area contributed by atoms with Gasteiger partial charge in [0.25, 0.3) is 5.91 Å². The fourth-order valence-electron chi connectivity index (χ4n) is 1.30. The molecule has 3 N–H and O–H groups in total. The molecule has 1 atom stereocenters. The van der Waals surface area contributed by atoms with Crippen molar-refractivity contribution in [2.75, 3.05) is 0 Å². The lowest BCUT2D eigenvalue weighted by molar-refractivity contribution is -0.145. The molecule has 1 rings (SSSR count). The zero-order chi connectivity index (χ0) is 15.4. The smallest absolute Gasteiger partial charge is 0.326 e. The van der Waals surface area contributed by atoms with Crippen LogP contribution >= 0.6 is 0 Å². The molecule has 0 aliphatic rings. The second-order valence-electron chi connectivity index (χ2n) is 3.72. The van der Waals surface area contributed by atoms with Crippen molar-refractivity contribution in [3.63, 3.8) is 0 Å². The third-order valence-corrected chi connectivity index (χ3v) is 2.23. The molecule has 0 bridgehead atoms. The van der Waals surface area contributed by atoms with Crippen LogP contribution in [0.25, 0.3) is 0 Å². The van der Waals surface area contributed by atoms with Crippen molar-refractivity contribution >= 4 is 17.8 Å². The molecular formula is C11H8F3NO5. The van der Waals surface area contributed by atoms with Crippen LogP contribution in [0.5, 0.6) is 0 Å². The first-order valence-electron chi connectivity index (χ1n) is 5.12. The molecule has 1 amide bonds. The quantitative estimate of drug-likeness (QED) is 0.695. The van der Waals surface area contributed by atoms with E-state index in [4.69, 9.17) is 10.2 Å². The van der Waals surface area contributed by atoms with E-state index in [1.165, 1.54) is 0 Å². The van der Waals surface area contributed by atoms with Crippen molar-refractivity contribution in [2.24, 2.45) is 0 Å². The van der Waals surface area contributed by atoms with Crippen LogP contribution in [-0.2, 0) is 9.59 Å². The summed E-state index contributed by atoms with van der Waals surface area (Å²) in [5.74, 6) is -9.39. The van der Waals surface area contributed by atoms with Crippen LogP contribution in [0.2, 0.25) is 0 Å². The molecule has 9 heteroatoms. The Morgan fingerprint density at radius 2 is 1.60 bits per heavy atom. The molecule has 20 heavy (non-hydrogen) atoms. The third kappa shape index (κ3) is 3.70. The largest absolute Gasteiger partial charge is 0.481 e. The molecule has 1 aromatic rings. The monoisotopic (exact) mass is 291 g/mol. The van der Waals surface area contributed by atoms with Gasteiger partial charge < -0.3 is 15.5 Å². The van der Waals surface area contributed by atoms with Gasteiger partial charge in [0, 0.05) is 5.56 Å². The Bertz CT molecular complexity index is 552. The summed E-state index contributed by atoms with van der Waals surface area (Å²) in [5.41, 5.74) is -0.668. The molecule has 0 fully saturated rings. The Labute approximate surface area is 109 Å². The Hall–Kier alpha value is -2.58. The van der Waals surface area contributed by atoms with Crippen molar-refractivity contribution in [3.05, 3.63) is 35.1 Å². The minimum atomic E-state index is -1.78. The molecule has 0 heterocycles. The van der Waals surface area contributed by atoms with E-state index in [0.29, 0.717) is 12.1 Å². The first kappa shape index (κ1) is 15.5. The van der Waals surface area contributed by atoms with Crippen LogP contribution in [0.15, 0.2) is 12.1 Å². The molecule has 0 aromatic heterocycles. The van der Waals surface area contributed by atoms with E-state index in [2.05, 4.69) is 0 Å². The number of hydrogen-bond donors (Lipinski definition) is 3. The van der Waals surface area contributed by atoms with Gasteiger partial charge in [0.2, 0.25) is 0 Å². The fourth-order valence-corrected chi connectivity index (χ4v) is 1.30. The van der Waals surface area contributed by atoms with Gasteiger partial charge in [0.05, 0.1) is 6.42 Å². The van der Waals surface area contributed by atoms with Crippen LogP contribution in [0.1, 0.15) is 16.8 Å². The van der Waals surface area contributed by atoms with Gasteiger partial charge in [-0.25, -0.2) is 18.0 Å². The Morgan fingerprint density at radius 3 is 2.00 bits per heavy atom. The number of nitrogens with one attached hydrogen (secondary N) is 1. The number of amides is 1. The van der Waals surface area contributed by atoms with Crippen molar-refractivity contribution in [1.82, 2.24) is 5.32 Å². The van der Waals surface area contributed by atoms with Gasteiger partial charge in [0.1, 0.15) is 6.04 Å². The van der Waals surface area contributed by atoms with Crippen LogP contribution in [0.3, 0.4) is 0 Å². The average molecular weight is 291 g/mol. The van der Waals surface area contributed by atoms with Crippen LogP contribution in [0.4, 0.5) is 13.2 Å². The van der Waals surface area contributed by atoms with E-state index >= 15 is 0 Å². The van der Waals surface area contributed by atoms with Crippen LogP contribution in [0, 0.1) is 17.5 Å². The number of aliphatic carboxylic acids is 2. The highest BCUT2D eigenvalue weighted by molar-refractivity contribution is 5.97. The van der Waals surface area contributed by atoms with Gasteiger partial charge in [-0.3, -0.25) is 9.59 Å². The van der Waals surface area contributed by atoms with Crippen molar-refractivity contribution < 1.29 is 37.8 Å². The number of rotatable bonds is 5. The van der Waals surface area contributed by atoms with Gasteiger partial charge in [-0.15, -0.1) is 0 Å². The van der Waals surface area contributed by atoms with E-state index < -0.39 is 53.3 Å². The molecular weight excluding hydrogens is 283 g/mol. The molecule has 1 aromatic carbocycles. The first-order chi connectivity index (χ1) is 9.22. The lowest BCUT2D eigenvalue weighted by Crippen LogP contribution is -2.42. The van der Waals surface area contributed by atoms with Gasteiger partial charge in [0.15, 0.2) is 17.5 Å². The minimum Gasteiger partial charge on any atom is -0.481 e. The summed E-state index contributed by atoms with van der Waals surface area (Å²) in [6.45, 7) is 0. The number of benzene rings is 1. The summed E-state index contributed by atoms with van der Waals surface area (Å²) in [4.78, 5) is 32.6. The second-order valence-corrected chi connectivity index (χ2v) is 3.72. The molecule has 0 saturated heterocycles. The fraction of sp³-hybridized carbons (Fsp3) is 0.182. The normalized spacial score (nSPS) is 11.8. The van der Waals surface area contributed by atoms with E-state index in [1.54, 1.807) is 5.32 Å². The average Bonchev–Trinajstić information content (AvgIpc) is 2.33. The maximum atomic E-state index is 12.9. The molecule has 6 nitrogen and oxygen atoms in total. The molecule has 0 radical (unpaired) electrons. The molecule has 0 spiro atoms. The van der Waals surface area contributed by atoms with E-state index in [1.807, 2.05) is 0 Å². The third-order valence-electron chi connectivity index (χ3n) is 2.23. The highest BCUT2D eigenvalue weighted by Gasteiger charge is 2.24. The maximum Gasteiger partial charge on any atom is 0.326 e. The molecule has 0 saturated carbocycles. The topological polar surface area (TPSA) is 104 Å². The number of carboxylic acid groups (broad SMARTS) is 2. The van der Waals surface area contributed by atoms with Gasteiger partial charge in [-0.1, -0.05) is 0 Å². The predicted molar refractivity (Wildman–Crippen MR) is 57.5 cm³/mol. The second kappa shape index (κ2) is 6.04. The zero-order valence-corrected chi connectivity index (χ0v) is 9.69. The number of carbonyl (C=O) groups is 3. The van der Waals surface area contributed by atoms with Crippen molar-refractivity contribution in [1.29, 1.82) is 0 Å². The first-order valence-corrected chi connectivity index (χ1v) is 5.12. The summed E-state index contributed by atoms with van der Waals surface area (Å²) >= 11 is 0. The molecule has 0 unspecified atom stereocenters. The highest BCUT2D eigenvalue weighted by atomic mass is 19.2. The maximum absolute atomic E-state index is 12.9. The Balaban J connectivity index is 2.95. The summed E-state index contributed by atoms with van der Waals surface area (Å²) in [6, 6.07) is -1.04. The SMILES string of the molecule is O=C(O)C[C@@H](NC(=O)c1cc(F)c(F)c(F)c1)C(=O)O. The zero-order valence-electron chi connectivity index (χ0n) is 9.69. The van der Waals surface area contributed by atoms with E-state index in [0.717, 1.165) is 0 Å². The highest BCUT2D eigenvalue weighted by Crippen LogP contribution is 2.13. The number of carboxylic acids is 2. The molecule has 0 aliphatic heterocycles. The summed E-state index contributed by atoms with van der Waals surface area (Å²) in [5, 5.41) is 18.9. The molecule has 108 valence electrons. The van der Waals surface area contributed by atoms with Crippen LogP contribution < -0.4 is 5.32 Å². The predicted octanol–water partition coefficient (Wildman–Crippen LogP) is 0.762. The van der Waals surface area contributed by atoms with Crippen molar-refractivity contribution in [3.8, 4) is 0 Å². The van der Waals surface area contributed by atoms with Gasteiger partial charge in [-0.05, 0) is 12.1 Å². The van der Waals surface area contributed by atoms with Gasteiger partial charge in [-0.2, -0.15) is 0 Å². The number of hydrogen-bond acceptors (Lipinski definition) is 3. The number of halogens is 3. The standard InChI is InChI=1S/C11H8F3NO5/c12-5-1-4(2-6(13)9(5)14)10(18)15-7(11(19)20)3-8(16)17/h1-2,7H,3H2,(H,15,18)(H,16,17)(H,19,20)/t7-/m1/s1. The summed E-state index contributed by atoms with van der Waals surface area (Å²) in [6.07, 6.45) is -0.923. The number of carbonyl (C=O) groups excluding carboxylic acids is 1. The van der Waals surface area contributed by atoms with Crippen LogP contribution in [-0.4, -0.2) is 34.1 Å². The van der Waals surface area contributed by atoms with Crippen molar-refractivity contribution in [2.45, 2.75) is 12.5 Å². The van der Waals surface area contributed by atoms with E-state index in [-0.39, 0.29) is 0 Å². The minimum absolute atomic E-state index is 0.368. The summed E-state index contributed by atoms with van der Waals surface area (Å²) in [7, 11) is 0. The molecule has 0 aliphatic carbocycles. The van der Waals surface area contributed by atoms with Gasteiger partial charge >= 0.3 is 11.9 Å². The Morgan fingerprint density at radius 1 is 1.10 bits per heavy atom. The lowest BCUT2D eigenvalue weighted by Gasteiger charge is -2.12.